The molecule has 2 aromatic rings. The molecule has 0 aliphatic heterocycles. The number of fused-ring (bicyclic) bond motifs is 1. The molecule has 0 radical (unpaired) electrons. The van der Waals surface area contributed by atoms with Crippen molar-refractivity contribution in [3.63, 3.8) is 0 Å². The summed E-state index contributed by atoms with van der Waals surface area (Å²) in [5.74, 6) is 0. The zero-order valence-corrected chi connectivity index (χ0v) is 9.26. The minimum Gasteiger partial charge on any atom is -0.258 e. The summed E-state index contributed by atoms with van der Waals surface area (Å²) >= 11 is 2.15. The van der Waals surface area contributed by atoms with Crippen LogP contribution in [0.4, 0.5) is 5.69 Å². The van der Waals surface area contributed by atoms with Gasteiger partial charge in [0.15, 0.2) is 0 Å². The molecule has 0 amide bonds. The van der Waals surface area contributed by atoms with Crippen molar-refractivity contribution in [3.05, 3.63) is 50.1 Å². The Kier molecular flexibility index (Phi) is 2.37. The Hall–Kier alpha value is -1.17. The predicted octanol–water partition coefficient (Wildman–Crippen LogP) is 3.35. The van der Waals surface area contributed by atoms with Crippen molar-refractivity contribution in [1.29, 1.82) is 0 Å². The monoisotopic (exact) mass is 299 g/mol. The minimum absolute atomic E-state index is 0.168. The smallest absolute Gasteiger partial charge is 0.258 e. The number of non-ortho nitro benzene ring substituents is 1. The molecule has 0 saturated heterocycles. The number of halogens is 1. The number of nitrogens with zero attached hydrogens (tertiary/aromatic N) is 1. The molecular formula is C10H6INO2. The Morgan fingerprint density at radius 1 is 1.21 bits per heavy atom. The standard InChI is InChI=1S/C10H6INO2/c11-8-5-4-7-2-1-3-10(12(13)14)9(7)6-8/h1-6H. The lowest BCUT2D eigenvalue weighted by Gasteiger charge is -1.99. The topological polar surface area (TPSA) is 43.1 Å². The lowest BCUT2D eigenvalue weighted by atomic mass is 10.1. The number of nitro benzene ring substituents is 1. The quantitative estimate of drug-likeness (QED) is 0.460. The van der Waals surface area contributed by atoms with Gasteiger partial charge in [-0.05, 0) is 40.1 Å². The maximum Gasteiger partial charge on any atom is 0.277 e. The first-order chi connectivity index (χ1) is 6.68. The SMILES string of the molecule is O=[N+]([O-])c1cccc2ccc(I)cc12. The highest BCUT2D eigenvalue weighted by molar-refractivity contribution is 14.1. The number of rotatable bonds is 1. The number of benzene rings is 2. The lowest BCUT2D eigenvalue weighted by Crippen LogP contribution is -1.89. The highest BCUT2D eigenvalue weighted by Crippen LogP contribution is 2.26. The molecular weight excluding hydrogens is 293 g/mol. The van der Waals surface area contributed by atoms with E-state index in [2.05, 4.69) is 22.6 Å². The highest BCUT2D eigenvalue weighted by atomic mass is 127. The maximum atomic E-state index is 10.7. The molecule has 0 aromatic heterocycles. The van der Waals surface area contributed by atoms with Gasteiger partial charge in [0.1, 0.15) is 0 Å². The van der Waals surface area contributed by atoms with E-state index in [9.17, 15) is 10.1 Å². The molecule has 0 N–H and O–H groups in total. The summed E-state index contributed by atoms with van der Waals surface area (Å²) in [5, 5.41) is 12.3. The van der Waals surface area contributed by atoms with E-state index in [0.717, 1.165) is 8.96 Å². The molecule has 3 nitrogen and oxygen atoms in total. The second-order valence-corrected chi connectivity index (χ2v) is 4.15. The van der Waals surface area contributed by atoms with Crippen LogP contribution in [0.25, 0.3) is 10.8 Å². The van der Waals surface area contributed by atoms with Gasteiger partial charge in [-0.15, -0.1) is 0 Å². The maximum absolute atomic E-state index is 10.7. The molecule has 0 spiro atoms. The average molecular weight is 299 g/mol. The second-order valence-electron chi connectivity index (χ2n) is 2.90. The Morgan fingerprint density at radius 2 is 2.00 bits per heavy atom. The fraction of sp³-hybridized carbons (Fsp3) is 0. The Labute approximate surface area is 94.0 Å². The van der Waals surface area contributed by atoms with E-state index in [4.69, 9.17) is 0 Å². The summed E-state index contributed by atoms with van der Waals surface area (Å²) in [7, 11) is 0. The third-order valence-corrected chi connectivity index (χ3v) is 2.69. The largest absolute Gasteiger partial charge is 0.277 e. The van der Waals surface area contributed by atoms with E-state index < -0.39 is 0 Å². The average Bonchev–Trinajstić information content (AvgIpc) is 2.16. The fourth-order valence-electron chi connectivity index (χ4n) is 1.39. The van der Waals surface area contributed by atoms with Gasteiger partial charge < -0.3 is 0 Å². The molecule has 14 heavy (non-hydrogen) atoms. The van der Waals surface area contributed by atoms with Crippen LogP contribution in [0.15, 0.2) is 36.4 Å². The zero-order valence-electron chi connectivity index (χ0n) is 7.11. The number of nitro groups is 1. The Morgan fingerprint density at radius 3 is 2.71 bits per heavy atom. The summed E-state index contributed by atoms with van der Waals surface area (Å²) < 4.78 is 1.00. The third-order valence-electron chi connectivity index (χ3n) is 2.02. The summed E-state index contributed by atoms with van der Waals surface area (Å²) in [6.07, 6.45) is 0. The van der Waals surface area contributed by atoms with Crippen LogP contribution in [0.5, 0.6) is 0 Å². The van der Waals surface area contributed by atoms with Crippen LogP contribution in [-0.2, 0) is 0 Å². The summed E-state index contributed by atoms with van der Waals surface area (Å²) in [4.78, 5) is 10.4. The van der Waals surface area contributed by atoms with Crippen molar-refractivity contribution in [2.24, 2.45) is 0 Å². The Balaban J connectivity index is 2.84. The van der Waals surface area contributed by atoms with Crippen molar-refractivity contribution in [2.45, 2.75) is 0 Å². The van der Waals surface area contributed by atoms with E-state index in [-0.39, 0.29) is 10.6 Å². The molecule has 0 unspecified atom stereocenters. The van der Waals surface area contributed by atoms with Crippen molar-refractivity contribution in [2.75, 3.05) is 0 Å². The van der Waals surface area contributed by atoms with Crippen molar-refractivity contribution in [1.82, 2.24) is 0 Å². The predicted molar refractivity (Wildman–Crippen MR) is 63.3 cm³/mol. The van der Waals surface area contributed by atoms with Gasteiger partial charge >= 0.3 is 0 Å². The van der Waals surface area contributed by atoms with Crippen molar-refractivity contribution in [3.8, 4) is 0 Å². The third kappa shape index (κ3) is 1.57. The summed E-state index contributed by atoms with van der Waals surface area (Å²) in [6.45, 7) is 0. The molecule has 0 heterocycles. The van der Waals surface area contributed by atoms with Gasteiger partial charge in [-0.25, -0.2) is 0 Å². The molecule has 0 aliphatic rings. The van der Waals surface area contributed by atoms with Crippen LogP contribution in [0.3, 0.4) is 0 Å². The van der Waals surface area contributed by atoms with Crippen LogP contribution in [0, 0.1) is 13.7 Å². The van der Waals surface area contributed by atoms with Gasteiger partial charge in [-0.2, -0.15) is 0 Å². The summed E-state index contributed by atoms with van der Waals surface area (Å²) in [6, 6.07) is 10.8. The number of hydrogen-bond donors (Lipinski definition) is 0. The van der Waals surface area contributed by atoms with Gasteiger partial charge in [-0.1, -0.05) is 18.2 Å². The van der Waals surface area contributed by atoms with Crippen LogP contribution >= 0.6 is 22.6 Å². The van der Waals surface area contributed by atoms with E-state index in [1.807, 2.05) is 24.3 Å². The first kappa shape index (κ1) is 9.39. The van der Waals surface area contributed by atoms with Gasteiger partial charge in [-0.3, -0.25) is 10.1 Å². The lowest BCUT2D eigenvalue weighted by molar-refractivity contribution is -0.383. The van der Waals surface area contributed by atoms with E-state index >= 15 is 0 Å². The second kappa shape index (κ2) is 3.53. The molecule has 0 saturated carbocycles. The van der Waals surface area contributed by atoms with Crippen molar-refractivity contribution >= 4 is 39.1 Å². The first-order valence-corrected chi connectivity index (χ1v) is 5.09. The van der Waals surface area contributed by atoms with Crippen LogP contribution < -0.4 is 0 Å². The molecule has 0 bridgehead atoms. The van der Waals surface area contributed by atoms with Gasteiger partial charge in [0.05, 0.1) is 10.3 Å². The van der Waals surface area contributed by atoms with E-state index in [0.29, 0.717) is 5.39 Å². The van der Waals surface area contributed by atoms with Crippen LogP contribution in [0.1, 0.15) is 0 Å². The zero-order chi connectivity index (χ0) is 10.1. The van der Waals surface area contributed by atoms with Gasteiger partial charge in [0.2, 0.25) is 0 Å². The molecule has 0 atom stereocenters. The van der Waals surface area contributed by atoms with Crippen LogP contribution in [-0.4, -0.2) is 4.92 Å². The van der Waals surface area contributed by atoms with Gasteiger partial charge in [0.25, 0.3) is 5.69 Å². The molecule has 0 fully saturated rings. The molecule has 70 valence electrons. The fourth-order valence-corrected chi connectivity index (χ4v) is 1.88. The summed E-state index contributed by atoms with van der Waals surface area (Å²) in [5.41, 5.74) is 0.168. The highest BCUT2D eigenvalue weighted by Gasteiger charge is 2.10. The van der Waals surface area contributed by atoms with Crippen molar-refractivity contribution < 1.29 is 4.92 Å². The van der Waals surface area contributed by atoms with E-state index in [1.165, 1.54) is 6.07 Å². The minimum atomic E-state index is -0.349. The molecule has 2 aromatic carbocycles. The molecule has 4 heteroatoms. The molecule has 0 aliphatic carbocycles. The van der Waals surface area contributed by atoms with E-state index in [1.54, 1.807) is 6.07 Å². The molecule has 2 rings (SSSR count). The number of hydrogen-bond acceptors (Lipinski definition) is 2. The van der Waals surface area contributed by atoms with Crippen LogP contribution in [0.2, 0.25) is 0 Å². The first-order valence-electron chi connectivity index (χ1n) is 4.01. The van der Waals surface area contributed by atoms with Gasteiger partial charge in [0, 0.05) is 9.64 Å². The Bertz CT molecular complexity index is 510. The normalized spacial score (nSPS) is 10.4.